The van der Waals surface area contributed by atoms with Crippen LogP contribution in [0, 0.1) is 0 Å². The quantitative estimate of drug-likeness (QED) is 0.793. The van der Waals surface area contributed by atoms with E-state index in [1.54, 1.807) is 0 Å². The maximum absolute atomic E-state index is 12.7. The van der Waals surface area contributed by atoms with Gasteiger partial charge in [0.15, 0.2) is 0 Å². The van der Waals surface area contributed by atoms with Crippen LogP contribution in [0.3, 0.4) is 0 Å². The van der Waals surface area contributed by atoms with Crippen molar-refractivity contribution >= 4 is 28.7 Å². The Bertz CT molecular complexity index is 751. The Kier molecular flexibility index (Phi) is 4.30. The zero-order chi connectivity index (χ0) is 16.4. The molecule has 2 amide bonds. The number of hydrogen-bond acceptors (Lipinski definition) is 4. The molecule has 0 unspecified atom stereocenters. The van der Waals surface area contributed by atoms with Crippen LogP contribution in [0.25, 0.3) is 5.57 Å². The van der Waals surface area contributed by atoms with Crippen molar-refractivity contribution in [3.63, 3.8) is 0 Å². The monoisotopic (exact) mass is 326 g/mol. The predicted molar refractivity (Wildman–Crippen MR) is 91.5 cm³/mol. The first kappa shape index (κ1) is 15.5. The molecule has 0 N–H and O–H groups in total. The topological polar surface area (TPSA) is 40.6 Å². The number of nitrogens with zero attached hydrogens (tertiary/aromatic N) is 2. The van der Waals surface area contributed by atoms with E-state index in [9.17, 15) is 9.59 Å². The van der Waals surface area contributed by atoms with E-state index < -0.39 is 0 Å². The Hall–Kier alpha value is -2.40. The molecule has 3 rings (SSSR count). The van der Waals surface area contributed by atoms with Crippen LogP contribution in [0.4, 0.5) is 0 Å². The lowest BCUT2D eigenvalue weighted by molar-refractivity contribution is -0.137. The molecule has 2 heterocycles. The Morgan fingerprint density at radius 1 is 1.04 bits per heavy atom. The molecule has 0 spiro atoms. The van der Waals surface area contributed by atoms with Gasteiger partial charge in [-0.25, -0.2) is 0 Å². The second-order valence-corrected chi connectivity index (χ2v) is 6.34. The number of carbonyl (C=O) groups excluding carboxylic acids is 2. The van der Waals surface area contributed by atoms with Crippen LogP contribution >= 0.6 is 11.3 Å². The van der Waals surface area contributed by atoms with Crippen molar-refractivity contribution in [3.05, 3.63) is 64.0 Å². The number of imide groups is 1. The zero-order valence-corrected chi connectivity index (χ0v) is 14.0. The van der Waals surface area contributed by atoms with E-state index in [1.807, 2.05) is 66.7 Å². The number of likely N-dealkylation sites (N-methyl/N-ethyl adjacent to an activating group) is 2. The number of carbonyl (C=O) groups is 2. The first-order valence-corrected chi connectivity index (χ1v) is 8.40. The first-order valence-electron chi connectivity index (χ1n) is 7.53. The van der Waals surface area contributed by atoms with Gasteiger partial charge >= 0.3 is 0 Å². The molecule has 0 saturated heterocycles. The Morgan fingerprint density at radius 3 is 2.39 bits per heavy atom. The average molecular weight is 326 g/mol. The molecule has 1 aromatic carbocycles. The van der Waals surface area contributed by atoms with Crippen molar-refractivity contribution in [2.45, 2.75) is 13.5 Å². The highest BCUT2D eigenvalue weighted by molar-refractivity contribution is 7.11. The molecule has 1 aromatic heterocycles. The molecule has 0 radical (unpaired) electrons. The van der Waals surface area contributed by atoms with Gasteiger partial charge in [0, 0.05) is 25.0 Å². The van der Waals surface area contributed by atoms with Gasteiger partial charge in [-0.1, -0.05) is 36.4 Å². The number of benzene rings is 1. The van der Waals surface area contributed by atoms with Gasteiger partial charge in [-0.3, -0.25) is 14.5 Å². The van der Waals surface area contributed by atoms with E-state index in [0.29, 0.717) is 24.4 Å². The summed E-state index contributed by atoms with van der Waals surface area (Å²) in [6, 6.07) is 13.7. The first-order chi connectivity index (χ1) is 11.1. The smallest absolute Gasteiger partial charge is 0.277 e. The van der Waals surface area contributed by atoms with Crippen molar-refractivity contribution in [1.29, 1.82) is 0 Å². The molecule has 2 aromatic rings. The highest BCUT2D eigenvalue weighted by Crippen LogP contribution is 2.33. The summed E-state index contributed by atoms with van der Waals surface area (Å²) >= 11 is 1.48. The van der Waals surface area contributed by atoms with Crippen LogP contribution in [0.5, 0.6) is 0 Å². The Labute approximate surface area is 139 Å². The molecular weight excluding hydrogens is 308 g/mol. The summed E-state index contributed by atoms with van der Waals surface area (Å²) < 4.78 is 0. The third-order valence-corrected chi connectivity index (χ3v) is 4.76. The molecule has 1 aliphatic heterocycles. The summed E-state index contributed by atoms with van der Waals surface area (Å²) in [5.41, 5.74) is 2.11. The van der Waals surface area contributed by atoms with Crippen LogP contribution in [0.1, 0.15) is 17.4 Å². The summed E-state index contributed by atoms with van der Waals surface area (Å²) in [6.07, 6.45) is 0. The molecule has 0 fully saturated rings. The highest BCUT2D eigenvalue weighted by atomic mass is 32.1. The van der Waals surface area contributed by atoms with Gasteiger partial charge in [0.1, 0.15) is 5.70 Å². The van der Waals surface area contributed by atoms with E-state index in [4.69, 9.17) is 0 Å². The SMILES string of the molecule is CCN1C(=O)C(c2cccs2)=C(N(C)Cc2ccccc2)C1=O. The Morgan fingerprint density at radius 2 is 1.78 bits per heavy atom. The van der Waals surface area contributed by atoms with Gasteiger partial charge < -0.3 is 4.90 Å². The lowest BCUT2D eigenvalue weighted by atomic mass is 10.1. The summed E-state index contributed by atoms with van der Waals surface area (Å²) in [6.45, 7) is 2.79. The molecule has 118 valence electrons. The molecule has 4 nitrogen and oxygen atoms in total. The molecule has 0 saturated carbocycles. The third kappa shape index (κ3) is 2.80. The standard InChI is InChI=1S/C18H18N2O2S/c1-3-20-17(21)15(14-10-7-11-23-14)16(18(20)22)19(2)12-13-8-5-4-6-9-13/h4-11H,3,12H2,1-2H3. The van der Waals surface area contributed by atoms with Crippen molar-refractivity contribution in [3.8, 4) is 0 Å². The summed E-state index contributed by atoms with van der Waals surface area (Å²) in [5.74, 6) is -0.408. The van der Waals surface area contributed by atoms with Crippen LogP contribution in [0.2, 0.25) is 0 Å². The minimum absolute atomic E-state index is 0.199. The van der Waals surface area contributed by atoms with Crippen LogP contribution in [-0.2, 0) is 16.1 Å². The molecule has 0 aliphatic carbocycles. The second-order valence-electron chi connectivity index (χ2n) is 5.40. The van der Waals surface area contributed by atoms with Crippen molar-refractivity contribution < 1.29 is 9.59 Å². The molecule has 1 aliphatic rings. The molecule has 0 bridgehead atoms. The minimum Gasteiger partial charge on any atom is -0.365 e. The highest BCUT2D eigenvalue weighted by Gasteiger charge is 2.40. The Balaban J connectivity index is 2.01. The summed E-state index contributed by atoms with van der Waals surface area (Å²) in [4.78, 5) is 29.4. The van der Waals surface area contributed by atoms with Crippen LogP contribution in [0.15, 0.2) is 53.5 Å². The molecule has 0 atom stereocenters. The van der Waals surface area contributed by atoms with Crippen molar-refractivity contribution in [2.24, 2.45) is 0 Å². The lowest BCUT2D eigenvalue weighted by Crippen LogP contribution is -2.33. The van der Waals surface area contributed by atoms with Crippen LogP contribution < -0.4 is 0 Å². The van der Waals surface area contributed by atoms with E-state index in [-0.39, 0.29) is 11.8 Å². The molecular formula is C18H18N2O2S. The second kappa shape index (κ2) is 6.38. The van der Waals surface area contributed by atoms with Gasteiger partial charge in [0.05, 0.1) is 5.57 Å². The normalized spacial score (nSPS) is 14.8. The van der Waals surface area contributed by atoms with Gasteiger partial charge in [-0.05, 0) is 23.9 Å². The third-order valence-electron chi connectivity index (χ3n) is 3.87. The van der Waals surface area contributed by atoms with E-state index in [1.165, 1.54) is 16.2 Å². The van der Waals surface area contributed by atoms with Gasteiger partial charge in [0.25, 0.3) is 11.8 Å². The van der Waals surface area contributed by atoms with Crippen LogP contribution in [-0.4, -0.2) is 35.2 Å². The maximum atomic E-state index is 12.7. The summed E-state index contributed by atoms with van der Waals surface area (Å²) in [5, 5.41) is 1.92. The predicted octanol–water partition coefficient (Wildman–Crippen LogP) is 2.98. The van der Waals surface area contributed by atoms with Crippen molar-refractivity contribution in [1.82, 2.24) is 9.80 Å². The fraction of sp³-hybridized carbons (Fsp3) is 0.222. The van der Waals surface area contributed by atoms with Gasteiger partial charge in [-0.15, -0.1) is 11.3 Å². The minimum atomic E-state index is -0.209. The number of amides is 2. The van der Waals surface area contributed by atoms with Gasteiger partial charge in [0.2, 0.25) is 0 Å². The largest absolute Gasteiger partial charge is 0.365 e. The van der Waals surface area contributed by atoms with Crippen molar-refractivity contribution in [2.75, 3.05) is 13.6 Å². The summed E-state index contributed by atoms with van der Waals surface area (Å²) in [7, 11) is 1.86. The fourth-order valence-corrected chi connectivity index (χ4v) is 3.55. The van der Waals surface area contributed by atoms with E-state index in [0.717, 1.165) is 10.4 Å². The number of hydrogen-bond donors (Lipinski definition) is 0. The van der Waals surface area contributed by atoms with Gasteiger partial charge in [-0.2, -0.15) is 0 Å². The van der Waals surface area contributed by atoms with E-state index >= 15 is 0 Å². The number of thiophene rings is 1. The molecule has 23 heavy (non-hydrogen) atoms. The number of rotatable bonds is 5. The van der Waals surface area contributed by atoms with E-state index in [2.05, 4.69) is 0 Å². The lowest BCUT2D eigenvalue weighted by Gasteiger charge is -2.21. The maximum Gasteiger partial charge on any atom is 0.277 e. The average Bonchev–Trinajstić information content (AvgIpc) is 3.14. The fourth-order valence-electron chi connectivity index (χ4n) is 2.78. The zero-order valence-electron chi connectivity index (χ0n) is 13.2. The molecule has 5 heteroatoms.